The molecule has 6 aliphatic carbocycles. The summed E-state index contributed by atoms with van der Waals surface area (Å²) in [4.78, 5) is 5.50. The molecule has 2 saturated carbocycles. The molecule has 0 radical (unpaired) electrons. The normalized spacial score (nSPS) is 22.2. The summed E-state index contributed by atoms with van der Waals surface area (Å²) in [7, 11) is 0. The van der Waals surface area contributed by atoms with E-state index in [-0.39, 0.29) is 16.7 Å². The van der Waals surface area contributed by atoms with Crippen molar-refractivity contribution in [2.75, 3.05) is 9.80 Å². The summed E-state index contributed by atoms with van der Waals surface area (Å²) < 4.78 is 0. The summed E-state index contributed by atoms with van der Waals surface area (Å²) in [5.74, 6) is 3.16. The third-order valence-corrected chi connectivity index (χ3v) is 16.5. The zero-order valence-electron chi connectivity index (χ0n) is 42.7. The second-order valence-electron chi connectivity index (χ2n) is 23.7. The smallest absolute Gasteiger partial charge is 0.0573 e. The van der Waals surface area contributed by atoms with Gasteiger partial charge in [-0.3, -0.25) is 0 Å². The molecule has 2 fully saturated rings. The number of fused-ring (bicyclic) bond motifs is 2. The van der Waals surface area contributed by atoms with Gasteiger partial charge in [0.25, 0.3) is 0 Å². The number of hydrogen-bond acceptors (Lipinski definition) is 2. The lowest BCUT2D eigenvalue weighted by Crippen LogP contribution is -2.37. The van der Waals surface area contributed by atoms with Gasteiger partial charge in [-0.25, -0.2) is 0 Å². The standard InChI is InChI=1S/C64H82N2/c1-43(2)45-21-31-53(32-22-45)65(55-35-27-51(28-36-55)63(5,6)7)61-57-39-25-50(48-19-15-12-16-20-48)42-60(57)62(58-40-26-49(41-59(58)61)47-17-13-11-14-18-47)66(54-33-23-46(24-34-54)44(3)4)56-37-29-52(30-38-56)64(8,9)10/h21-23,25-33,35-38,40,42-44,47-49,57H,11-20,24,34,39,41H2,1-10H3. The van der Waals surface area contributed by atoms with E-state index in [4.69, 9.17) is 0 Å². The number of benzene rings is 3. The van der Waals surface area contributed by atoms with Crippen molar-refractivity contribution in [3.05, 3.63) is 171 Å². The van der Waals surface area contributed by atoms with Crippen LogP contribution in [0.25, 0.3) is 0 Å². The van der Waals surface area contributed by atoms with Gasteiger partial charge in [0, 0.05) is 39.9 Å². The van der Waals surface area contributed by atoms with E-state index < -0.39 is 0 Å². The Labute approximate surface area is 401 Å². The van der Waals surface area contributed by atoms with Crippen molar-refractivity contribution in [2.24, 2.45) is 29.6 Å². The van der Waals surface area contributed by atoms with Gasteiger partial charge in [-0.1, -0.05) is 180 Å². The molecule has 0 aliphatic heterocycles. The molecule has 66 heavy (non-hydrogen) atoms. The van der Waals surface area contributed by atoms with Gasteiger partial charge in [-0.05, 0) is 168 Å². The van der Waals surface area contributed by atoms with E-state index >= 15 is 0 Å². The first-order valence-electron chi connectivity index (χ1n) is 26.5. The summed E-state index contributed by atoms with van der Waals surface area (Å²) in [5, 5.41) is 0. The Kier molecular flexibility index (Phi) is 13.5. The molecule has 9 rings (SSSR count). The van der Waals surface area contributed by atoms with E-state index in [9.17, 15) is 0 Å². The molecule has 0 N–H and O–H groups in total. The van der Waals surface area contributed by atoms with Crippen LogP contribution in [-0.2, 0) is 10.8 Å². The van der Waals surface area contributed by atoms with Crippen LogP contribution in [0.5, 0.6) is 0 Å². The van der Waals surface area contributed by atoms with Crippen LogP contribution in [0, 0.1) is 29.6 Å². The molecular weight excluding hydrogens is 797 g/mol. The zero-order chi connectivity index (χ0) is 46.3. The van der Waals surface area contributed by atoms with Gasteiger partial charge in [0.05, 0.1) is 5.70 Å². The second-order valence-corrected chi connectivity index (χ2v) is 23.7. The average molecular weight is 879 g/mol. The molecule has 3 aromatic carbocycles. The maximum atomic E-state index is 2.76. The molecule has 348 valence electrons. The number of rotatable bonds is 10. The van der Waals surface area contributed by atoms with Gasteiger partial charge in [-0.15, -0.1) is 0 Å². The molecule has 0 saturated heterocycles. The summed E-state index contributed by atoms with van der Waals surface area (Å²) in [6.07, 6.45) is 33.5. The Hall–Kier alpha value is -4.56. The summed E-state index contributed by atoms with van der Waals surface area (Å²) in [6.45, 7) is 23.4. The van der Waals surface area contributed by atoms with E-state index in [0.717, 1.165) is 31.6 Å². The molecule has 6 aliphatic rings. The van der Waals surface area contributed by atoms with Gasteiger partial charge < -0.3 is 9.80 Å². The van der Waals surface area contributed by atoms with Crippen molar-refractivity contribution in [3.63, 3.8) is 0 Å². The predicted octanol–water partition coefficient (Wildman–Crippen LogP) is 18.4. The summed E-state index contributed by atoms with van der Waals surface area (Å²) in [5.41, 5.74) is 20.2. The third-order valence-electron chi connectivity index (χ3n) is 16.5. The largest absolute Gasteiger partial charge is 0.313 e. The Morgan fingerprint density at radius 1 is 0.591 bits per heavy atom. The minimum Gasteiger partial charge on any atom is -0.313 e. The summed E-state index contributed by atoms with van der Waals surface area (Å²) in [6, 6.07) is 29.1. The predicted molar refractivity (Wildman–Crippen MR) is 284 cm³/mol. The van der Waals surface area contributed by atoms with Crippen LogP contribution in [0.15, 0.2) is 154 Å². The maximum absolute atomic E-state index is 2.76. The lowest BCUT2D eigenvalue weighted by atomic mass is 9.67. The van der Waals surface area contributed by atoms with Crippen LogP contribution < -0.4 is 9.80 Å². The fourth-order valence-electron chi connectivity index (χ4n) is 12.3. The average Bonchev–Trinajstić information content (AvgIpc) is 3.32. The zero-order valence-corrected chi connectivity index (χ0v) is 42.7. The van der Waals surface area contributed by atoms with Crippen molar-refractivity contribution < 1.29 is 0 Å². The SMILES string of the molecule is CC(C)C1=CC=C(N(C2=C3C=CC(C4CCCCC4)CC3=C(N(c3ccc(C(C)C)cc3)c3ccc(C(C)(C)C)cc3)C3CC=C(C4CCCCC4)C=C23)c2ccc(C(C)(C)C)cc2)CC1. The molecule has 0 spiro atoms. The number of hydrogen-bond donors (Lipinski definition) is 0. The van der Waals surface area contributed by atoms with E-state index in [1.165, 1.54) is 126 Å². The number of nitrogens with zero attached hydrogens (tertiary/aromatic N) is 2. The first-order valence-corrected chi connectivity index (χ1v) is 26.5. The lowest BCUT2D eigenvalue weighted by molar-refractivity contribution is 0.282. The van der Waals surface area contributed by atoms with Crippen LogP contribution in [0.2, 0.25) is 0 Å². The maximum Gasteiger partial charge on any atom is 0.0573 e. The highest BCUT2D eigenvalue weighted by molar-refractivity contribution is 5.79. The fourth-order valence-corrected chi connectivity index (χ4v) is 12.3. The van der Waals surface area contributed by atoms with E-state index in [1.807, 2.05) is 0 Å². The molecule has 2 nitrogen and oxygen atoms in total. The van der Waals surface area contributed by atoms with Crippen LogP contribution in [0.4, 0.5) is 17.1 Å². The summed E-state index contributed by atoms with van der Waals surface area (Å²) >= 11 is 0. The minimum absolute atomic E-state index is 0.0776. The minimum atomic E-state index is 0.0776. The fraction of sp³-hybridized carbons (Fsp3) is 0.500. The van der Waals surface area contributed by atoms with Crippen LogP contribution in [0.1, 0.15) is 182 Å². The van der Waals surface area contributed by atoms with Gasteiger partial charge in [0.1, 0.15) is 0 Å². The third kappa shape index (κ3) is 9.60. The Morgan fingerprint density at radius 2 is 1.15 bits per heavy atom. The molecule has 2 unspecified atom stereocenters. The molecule has 0 heterocycles. The molecular formula is C64H82N2. The van der Waals surface area contributed by atoms with Gasteiger partial charge in [-0.2, -0.15) is 0 Å². The molecule has 2 atom stereocenters. The number of anilines is 3. The first-order chi connectivity index (χ1) is 31.7. The highest BCUT2D eigenvalue weighted by Gasteiger charge is 2.43. The molecule has 2 heteroatoms. The quantitative estimate of drug-likeness (QED) is 0.200. The van der Waals surface area contributed by atoms with Gasteiger partial charge in [0.2, 0.25) is 0 Å². The first kappa shape index (κ1) is 46.5. The van der Waals surface area contributed by atoms with Crippen molar-refractivity contribution in [2.45, 2.75) is 176 Å². The van der Waals surface area contributed by atoms with Crippen molar-refractivity contribution in [1.82, 2.24) is 0 Å². The molecule has 0 aromatic heterocycles. The van der Waals surface area contributed by atoms with Crippen molar-refractivity contribution in [3.8, 4) is 0 Å². The highest BCUT2D eigenvalue weighted by atomic mass is 15.2. The topological polar surface area (TPSA) is 6.48 Å². The van der Waals surface area contributed by atoms with Gasteiger partial charge in [0.15, 0.2) is 0 Å². The Bertz CT molecular complexity index is 2430. The molecule has 0 bridgehead atoms. The number of allylic oxidation sites excluding steroid dienone is 13. The Balaban J connectivity index is 1.34. The molecule has 3 aromatic rings. The van der Waals surface area contributed by atoms with E-state index in [2.05, 4.69) is 188 Å². The van der Waals surface area contributed by atoms with Crippen molar-refractivity contribution >= 4 is 17.1 Å². The second kappa shape index (κ2) is 19.2. The van der Waals surface area contributed by atoms with Crippen LogP contribution >= 0.6 is 0 Å². The Morgan fingerprint density at radius 3 is 1.68 bits per heavy atom. The lowest BCUT2D eigenvalue weighted by Gasteiger charge is -2.47. The van der Waals surface area contributed by atoms with Gasteiger partial charge >= 0.3 is 0 Å². The highest BCUT2D eigenvalue weighted by Crippen LogP contribution is 2.55. The van der Waals surface area contributed by atoms with E-state index in [1.54, 1.807) is 16.7 Å². The van der Waals surface area contributed by atoms with E-state index in [0.29, 0.717) is 23.7 Å². The van der Waals surface area contributed by atoms with Crippen LogP contribution in [-0.4, -0.2) is 0 Å². The molecule has 0 amide bonds. The van der Waals surface area contributed by atoms with Crippen molar-refractivity contribution in [1.29, 1.82) is 0 Å². The van der Waals surface area contributed by atoms with Crippen LogP contribution in [0.3, 0.4) is 0 Å². The monoisotopic (exact) mass is 879 g/mol.